The molecule has 0 spiro atoms. The van der Waals surface area contributed by atoms with Crippen LogP contribution in [-0.4, -0.2) is 56.2 Å². The zero-order valence-corrected chi connectivity index (χ0v) is 13.1. The standard InChI is InChI=1S/C16H26N2O2/c1-13(2)18-9-7-17(8-10-18)12-14-5-6-15(19-3)16(11-14)20-4/h5-6,11,13H,7-10,12H2,1-4H3. The Morgan fingerprint density at radius 3 is 2.20 bits per heavy atom. The minimum absolute atomic E-state index is 0.651. The Balaban J connectivity index is 1.94. The molecule has 1 aliphatic heterocycles. The topological polar surface area (TPSA) is 24.9 Å². The number of rotatable bonds is 5. The molecule has 1 fully saturated rings. The molecule has 1 heterocycles. The summed E-state index contributed by atoms with van der Waals surface area (Å²) >= 11 is 0. The van der Waals surface area contributed by atoms with Crippen LogP contribution < -0.4 is 9.47 Å². The van der Waals surface area contributed by atoms with Crippen LogP contribution in [0.2, 0.25) is 0 Å². The molecule has 0 radical (unpaired) electrons. The van der Waals surface area contributed by atoms with E-state index in [1.54, 1.807) is 14.2 Å². The average Bonchev–Trinajstić information content (AvgIpc) is 2.47. The Hall–Kier alpha value is -1.26. The first-order valence-electron chi connectivity index (χ1n) is 7.31. The Morgan fingerprint density at radius 1 is 1.00 bits per heavy atom. The van der Waals surface area contributed by atoms with E-state index in [1.165, 1.54) is 5.56 Å². The van der Waals surface area contributed by atoms with Crippen LogP contribution in [0.25, 0.3) is 0 Å². The molecule has 0 bridgehead atoms. The van der Waals surface area contributed by atoms with Crippen molar-refractivity contribution in [2.45, 2.75) is 26.4 Å². The molecule has 0 unspecified atom stereocenters. The van der Waals surface area contributed by atoms with Gasteiger partial charge in [-0.25, -0.2) is 0 Å². The lowest BCUT2D eigenvalue weighted by atomic mass is 10.1. The fourth-order valence-corrected chi connectivity index (χ4v) is 2.68. The van der Waals surface area contributed by atoms with Gasteiger partial charge in [-0.2, -0.15) is 0 Å². The maximum Gasteiger partial charge on any atom is 0.161 e. The van der Waals surface area contributed by atoms with Crippen LogP contribution in [0.4, 0.5) is 0 Å². The van der Waals surface area contributed by atoms with E-state index in [0.717, 1.165) is 44.2 Å². The zero-order valence-electron chi connectivity index (χ0n) is 13.1. The summed E-state index contributed by atoms with van der Waals surface area (Å²) in [5.74, 6) is 1.60. The molecule has 1 saturated heterocycles. The second kappa shape index (κ2) is 6.95. The van der Waals surface area contributed by atoms with E-state index in [9.17, 15) is 0 Å². The van der Waals surface area contributed by atoms with Crippen LogP contribution in [-0.2, 0) is 6.54 Å². The maximum atomic E-state index is 5.36. The number of ether oxygens (including phenoxy) is 2. The van der Waals surface area contributed by atoms with Crippen molar-refractivity contribution >= 4 is 0 Å². The fraction of sp³-hybridized carbons (Fsp3) is 0.625. The normalized spacial score (nSPS) is 17.4. The Morgan fingerprint density at radius 2 is 1.65 bits per heavy atom. The molecule has 20 heavy (non-hydrogen) atoms. The molecule has 4 nitrogen and oxygen atoms in total. The Kier molecular flexibility index (Phi) is 5.26. The van der Waals surface area contributed by atoms with E-state index in [1.807, 2.05) is 6.07 Å². The SMILES string of the molecule is COc1ccc(CN2CCN(C(C)C)CC2)cc1OC. The summed E-state index contributed by atoms with van der Waals surface area (Å²) in [6.07, 6.45) is 0. The summed E-state index contributed by atoms with van der Waals surface area (Å²) in [4.78, 5) is 5.03. The summed E-state index contributed by atoms with van der Waals surface area (Å²) < 4.78 is 10.6. The van der Waals surface area contributed by atoms with Gasteiger partial charge in [0.1, 0.15) is 0 Å². The van der Waals surface area contributed by atoms with Crippen molar-refractivity contribution in [3.8, 4) is 11.5 Å². The molecule has 4 heteroatoms. The lowest BCUT2D eigenvalue weighted by Gasteiger charge is -2.37. The third-order valence-corrected chi connectivity index (χ3v) is 3.99. The van der Waals surface area contributed by atoms with Gasteiger partial charge in [0.05, 0.1) is 14.2 Å². The summed E-state index contributed by atoms with van der Waals surface area (Å²) in [6, 6.07) is 6.83. The van der Waals surface area contributed by atoms with Gasteiger partial charge in [-0.15, -0.1) is 0 Å². The van der Waals surface area contributed by atoms with Crippen LogP contribution in [0.15, 0.2) is 18.2 Å². The van der Waals surface area contributed by atoms with E-state index in [0.29, 0.717) is 6.04 Å². The second-order valence-electron chi connectivity index (χ2n) is 5.60. The highest BCUT2D eigenvalue weighted by molar-refractivity contribution is 5.42. The van der Waals surface area contributed by atoms with Crippen molar-refractivity contribution in [3.63, 3.8) is 0 Å². The second-order valence-corrected chi connectivity index (χ2v) is 5.60. The van der Waals surface area contributed by atoms with Crippen LogP contribution >= 0.6 is 0 Å². The summed E-state index contributed by atoms with van der Waals surface area (Å²) in [6.45, 7) is 10.1. The van der Waals surface area contributed by atoms with Gasteiger partial charge in [-0.1, -0.05) is 6.07 Å². The molecule has 0 N–H and O–H groups in total. The highest BCUT2D eigenvalue weighted by atomic mass is 16.5. The third-order valence-electron chi connectivity index (χ3n) is 3.99. The molecule has 1 aromatic carbocycles. The van der Waals surface area contributed by atoms with Crippen molar-refractivity contribution in [1.29, 1.82) is 0 Å². The van der Waals surface area contributed by atoms with Crippen molar-refractivity contribution < 1.29 is 9.47 Å². The first kappa shape index (κ1) is 15.1. The fourth-order valence-electron chi connectivity index (χ4n) is 2.68. The average molecular weight is 278 g/mol. The third kappa shape index (κ3) is 3.64. The van der Waals surface area contributed by atoms with Crippen molar-refractivity contribution in [2.75, 3.05) is 40.4 Å². The molecule has 0 atom stereocenters. The largest absolute Gasteiger partial charge is 0.493 e. The number of nitrogens with zero attached hydrogens (tertiary/aromatic N) is 2. The molecular weight excluding hydrogens is 252 g/mol. The van der Waals surface area contributed by atoms with E-state index in [-0.39, 0.29) is 0 Å². The van der Waals surface area contributed by atoms with Gasteiger partial charge in [0.15, 0.2) is 11.5 Å². The molecule has 112 valence electrons. The molecule has 2 rings (SSSR count). The van der Waals surface area contributed by atoms with Crippen LogP contribution in [0, 0.1) is 0 Å². The van der Waals surface area contributed by atoms with Crippen LogP contribution in [0.3, 0.4) is 0 Å². The lowest BCUT2D eigenvalue weighted by Crippen LogP contribution is -2.48. The van der Waals surface area contributed by atoms with Crippen molar-refractivity contribution in [2.24, 2.45) is 0 Å². The number of benzene rings is 1. The molecule has 1 aliphatic rings. The van der Waals surface area contributed by atoms with Crippen LogP contribution in [0.5, 0.6) is 11.5 Å². The monoisotopic (exact) mass is 278 g/mol. The van der Waals surface area contributed by atoms with Gasteiger partial charge in [0, 0.05) is 38.8 Å². The van der Waals surface area contributed by atoms with E-state index >= 15 is 0 Å². The highest BCUT2D eigenvalue weighted by Gasteiger charge is 2.19. The first-order valence-corrected chi connectivity index (χ1v) is 7.31. The predicted octanol–water partition coefficient (Wildman–Crippen LogP) is 2.23. The van der Waals surface area contributed by atoms with E-state index in [4.69, 9.17) is 9.47 Å². The van der Waals surface area contributed by atoms with Crippen molar-refractivity contribution in [1.82, 2.24) is 9.80 Å². The zero-order chi connectivity index (χ0) is 14.5. The van der Waals surface area contributed by atoms with Crippen LogP contribution in [0.1, 0.15) is 19.4 Å². The predicted molar refractivity (Wildman–Crippen MR) is 81.5 cm³/mol. The quantitative estimate of drug-likeness (QED) is 0.824. The van der Waals surface area contributed by atoms with Crippen molar-refractivity contribution in [3.05, 3.63) is 23.8 Å². The highest BCUT2D eigenvalue weighted by Crippen LogP contribution is 2.28. The maximum absolute atomic E-state index is 5.36. The van der Waals surface area contributed by atoms with Gasteiger partial charge in [-0.05, 0) is 31.5 Å². The minimum atomic E-state index is 0.651. The molecule has 0 aromatic heterocycles. The molecular formula is C16H26N2O2. The van der Waals surface area contributed by atoms with Gasteiger partial charge >= 0.3 is 0 Å². The molecule has 0 saturated carbocycles. The smallest absolute Gasteiger partial charge is 0.161 e. The van der Waals surface area contributed by atoms with Gasteiger partial charge in [-0.3, -0.25) is 9.80 Å². The minimum Gasteiger partial charge on any atom is -0.493 e. The summed E-state index contributed by atoms with van der Waals surface area (Å²) in [5.41, 5.74) is 1.28. The Labute approximate surface area is 122 Å². The summed E-state index contributed by atoms with van der Waals surface area (Å²) in [5, 5.41) is 0. The molecule has 0 amide bonds. The van der Waals surface area contributed by atoms with E-state index < -0.39 is 0 Å². The summed E-state index contributed by atoms with van der Waals surface area (Å²) in [7, 11) is 3.35. The number of methoxy groups -OCH3 is 2. The Bertz CT molecular complexity index is 426. The van der Waals surface area contributed by atoms with E-state index in [2.05, 4.69) is 35.8 Å². The molecule has 1 aromatic rings. The molecule has 0 aliphatic carbocycles. The number of hydrogen-bond acceptors (Lipinski definition) is 4. The first-order chi connectivity index (χ1) is 9.63. The van der Waals surface area contributed by atoms with Gasteiger partial charge in [0.2, 0.25) is 0 Å². The van der Waals surface area contributed by atoms with Gasteiger partial charge in [0.25, 0.3) is 0 Å². The lowest BCUT2D eigenvalue weighted by molar-refractivity contribution is 0.104. The number of piperazine rings is 1. The number of hydrogen-bond donors (Lipinski definition) is 0. The van der Waals surface area contributed by atoms with Gasteiger partial charge < -0.3 is 9.47 Å².